The van der Waals surface area contributed by atoms with Gasteiger partial charge in [-0.05, 0) is 54.1 Å². The summed E-state index contributed by atoms with van der Waals surface area (Å²) in [5.74, 6) is -0.884. The minimum atomic E-state index is -0.884. The Bertz CT molecular complexity index is 321. The first-order valence-electron chi connectivity index (χ1n) is 7.76. The van der Waals surface area contributed by atoms with Crippen molar-refractivity contribution in [3.8, 4) is 0 Å². The Morgan fingerprint density at radius 3 is 2.29 bits per heavy atom. The van der Waals surface area contributed by atoms with E-state index in [0.29, 0.717) is 19.1 Å². The van der Waals surface area contributed by atoms with E-state index >= 15 is 0 Å². The maximum absolute atomic E-state index is 12.0. The summed E-state index contributed by atoms with van der Waals surface area (Å²) in [4.78, 5) is 26.6. The second kappa shape index (κ2) is 10.4. The Hall–Kier alpha value is -1.30. The highest BCUT2D eigenvalue weighted by Gasteiger charge is 2.20. The molecule has 0 radical (unpaired) electrons. The molecule has 0 bridgehead atoms. The topological polar surface area (TPSA) is 72.9 Å². The van der Waals surface area contributed by atoms with Gasteiger partial charge in [0.05, 0.1) is 6.42 Å². The molecule has 2 amide bonds. The van der Waals surface area contributed by atoms with Crippen molar-refractivity contribution in [2.75, 3.05) is 26.7 Å². The number of nitrogens with one attached hydrogen (secondary N) is 1. The van der Waals surface area contributed by atoms with Gasteiger partial charge in [0.2, 0.25) is 0 Å². The van der Waals surface area contributed by atoms with E-state index in [2.05, 4.69) is 31.1 Å². The Balaban J connectivity index is 3.98. The van der Waals surface area contributed by atoms with Crippen LogP contribution in [0.4, 0.5) is 4.79 Å². The van der Waals surface area contributed by atoms with E-state index in [9.17, 15) is 9.59 Å². The largest absolute Gasteiger partial charge is 0.481 e. The summed E-state index contributed by atoms with van der Waals surface area (Å²) in [6, 6.07) is 0.0649. The summed E-state index contributed by atoms with van der Waals surface area (Å²) < 4.78 is 0. The van der Waals surface area contributed by atoms with Crippen molar-refractivity contribution in [1.29, 1.82) is 0 Å². The smallest absolute Gasteiger partial charge is 0.317 e. The van der Waals surface area contributed by atoms with Crippen molar-refractivity contribution in [2.24, 2.45) is 0 Å². The molecule has 21 heavy (non-hydrogen) atoms. The summed E-state index contributed by atoms with van der Waals surface area (Å²) in [7, 11) is 2.09. The summed E-state index contributed by atoms with van der Waals surface area (Å²) in [6.45, 7) is 10.1. The van der Waals surface area contributed by atoms with Gasteiger partial charge in [-0.3, -0.25) is 4.79 Å². The molecule has 6 heteroatoms. The van der Waals surface area contributed by atoms with Crippen LogP contribution in [0.25, 0.3) is 0 Å². The Morgan fingerprint density at radius 1 is 1.19 bits per heavy atom. The molecule has 0 aliphatic carbocycles. The maximum Gasteiger partial charge on any atom is 0.317 e. The van der Waals surface area contributed by atoms with Gasteiger partial charge in [0, 0.05) is 25.2 Å². The Labute approximate surface area is 128 Å². The van der Waals surface area contributed by atoms with Gasteiger partial charge in [-0.1, -0.05) is 0 Å². The number of carbonyl (C=O) groups is 2. The van der Waals surface area contributed by atoms with Crippen molar-refractivity contribution < 1.29 is 14.7 Å². The molecule has 0 heterocycles. The van der Waals surface area contributed by atoms with Crippen LogP contribution in [0.15, 0.2) is 0 Å². The zero-order chi connectivity index (χ0) is 16.4. The predicted octanol–water partition coefficient (Wildman–Crippen LogP) is 2.00. The third-order valence-electron chi connectivity index (χ3n) is 3.70. The zero-order valence-electron chi connectivity index (χ0n) is 14.1. The lowest BCUT2D eigenvalue weighted by Gasteiger charge is -2.27. The summed E-state index contributed by atoms with van der Waals surface area (Å²) >= 11 is 0. The number of urea groups is 1. The fourth-order valence-electron chi connectivity index (χ4n) is 2.06. The molecular weight excluding hydrogens is 270 g/mol. The molecule has 1 unspecified atom stereocenters. The number of carboxylic acids is 1. The van der Waals surface area contributed by atoms with E-state index < -0.39 is 5.97 Å². The second-order valence-electron chi connectivity index (χ2n) is 5.75. The number of hydrogen-bond donors (Lipinski definition) is 2. The molecule has 0 fully saturated rings. The molecule has 0 aliphatic rings. The van der Waals surface area contributed by atoms with E-state index in [-0.39, 0.29) is 18.5 Å². The first kappa shape index (κ1) is 19.7. The lowest BCUT2D eigenvalue weighted by atomic mass is 10.2. The number of nitrogens with zero attached hydrogens (tertiary/aromatic N) is 2. The summed E-state index contributed by atoms with van der Waals surface area (Å²) in [5.41, 5.74) is 0. The molecule has 0 saturated carbocycles. The van der Waals surface area contributed by atoms with Gasteiger partial charge in [-0.15, -0.1) is 0 Å². The van der Waals surface area contributed by atoms with Crippen molar-refractivity contribution in [1.82, 2.24) is 15.1 Å². The molecule has 2 N–H and O–H groups in total. The maximum atomic E-state index is 12.0. The second-order valence-corrected chi connectivity index (χ2v) is 5.75. The molecule has 0 spiro atoms. The lowest BCUT2D eigenvalue weighted by Crippen LogP contribution is -2.46. The highest BCUT2D eigenvalue weighted by atomic mass is 16.4. The van der Waals surface area contributed by atoms with Crippen molar-refractivity contribution in [3.05, 3.63) is 0 Å². The molecule has 1 atom stereocenters. The van der Waals surface area contributed by atoms with Crippen molar-refractivity contribution >= 4 is 12.0 Å². The molecular formula is C15H31N3O3. The predicted molar refractivity (Wildman–Crippen MR) is 84.5 cm³/mol. The third kappa shape index (κ3) is 8.55. The van der Waals surface area contributed by atoms with Crippen LogP contribution >= 0.6 is 0 Å². The number of rotatable bonds is 10. The van der Waals surface area contributed by atoms with Crippen molar-refractivity contribution in [3.63, 3.8) is 0 Å². The van der Waals surface area contributed by atoms with Crippen LogP contribution in [0.3, 0.4) is 0 Å². The van der Waals surface area contributed by atoms with Gasteiger partial charge in [-0.25, -0.2) is 4.79 Å². The summed E-state index contributed by atoms with van der Waals surface area (Å²) in [6.07, 6.45) is 1.93. The first-order chi connectivity index (χ1) is 9.79. The normalized spacial score (nSPS) is 12.5. The van der Waals surface area contributed by atoms with Gasteiger partial charge in [0.15, 0.2) is 0 Å². The molecule has 124 valence electrons. The Kier molecular flexibility index (Phi) is 9.78. The highest BCUT2D eigenvalue weighted by molar-refractivity contribution is 5.75. The first-order valence-corrected chi connectivity index (χ1v) is 7.76. The number of carboxylic acid groups (broad SMARTS) is 1. The minimum Gasteiger partial charge on any atom is -0.481 e. The monoisotopic (exact) mass is 301 g/mol. The molecule has 0 aromatic heterocycles. The molecule has 6 nitrogen and oxygen atoms in total. The van der Waals surface area contributed by atoms with Crippen LogP contribution in [-0.2, 0) is 4.79 Å². The number of carbonyl (C=O) groups excluding carboxylic acids is 1. The van der Waals surface area contributed by atoms with Gasteiger partial charge in [0.25, 0.3) is 0 Å². The highest BCUT2D eigenvalue weighted by Crippen LogP contribution is 2.04. The quantitative estimate of drug-likeness (QED) is 0.605. The van der Waals surface area contributed by atoms with Gasteiger partial charge in [0.1, 0.15) is 0 Å². The fraction of sp³-hybridized carbons (Fsp3) is 0.867. The van der Waals surface area contributed by atoms with Gasteiger partial charge >= 0.3 is 12.0 Å². The molecule has 0 aliphatic heterocycles. The molecule has 0 saturated heterocycles. The van der Waals surface area contributed by atoms with Crippen LogP contribution in [0, 0.1) is 0 Å². The van der Waals surface area contributed by atoms with Crippen LogP contribution < -0.4 is 5.32 Å². The van der Waals surface area contributed by atoms with Gasteiger partial charge < -0.3 is 20.2 Å². The van der Waals surface area contributed by atoms with Crippen LogP contribution in [0.1, 0.15) is 47.0 Å². The average Bonchev–Trinajstić information content (AvgIpc) is 2.37. The number of amides is 2. The SMILES string of the molecule is CCN(C(=O)NCCCCN(C)C(C)C)C(C)CC(=O)O. The van der Waals surface area contributed by atoms with Crippen molar-refractivity contribution in [2.45, 2.75) is 59.0 Å². The van der Waals surface area contributed by atoms with Gasteiger partial charge in [-0.2, -0.15) is 0 Å². The number of hydrogen-bond acceptors (Lipinski definition) is 3. The van der Waals surface area contributed by atoms with E-state index in [1.165, 1.54) is 0 Å². The molecule has 0 aromatic carbocycles. The standard InChI is InChI=1S/C15H31N3O3/c1-6-18(13(4)11-14(19)20)15(21)16-9-7-8-10-17(5)12(2)3/h12-13H,6-11H2,1-5H3,(H,16,21)(H,19,20). The molecule has 0 aromatic rings. The number of aliphatic carboxylic acids is 1. The zero-order valence-corrected chi connectivity index (χ0v) is 14.1. The number of unbranched alkanes of at least 4 members (excludes halogenated alkanes) is 1. The van der Waals surface area contributed by atoms with Crippen LogP contribution in [-0.4, -0.2) is 65.7 Å². The van der Waals surface area contributed by atoms with E-state index in [1.54, 1.807) is 11.8 Å². The average molecular weight is 301 g/mol. The lowest BCUT2D eigenvalue weighted by molar-refractivity contribution is -0.138. The summed E-state index contributed by atoms with van der Waals surface area (Å²) in [5, 5.41) is 11.7. The fourth-order valence-corrected chi connectivity index (χ4v) is 2.06. The van der Waals surface area contributed by atoms with E-state index in [1.807, 2.05) is 6.92 Å². The Morgan fingerprint density at radius 2 is 1.81 bits per heavy atom. The van der Waals surface area contributed by atoms with E-state index in [4.69, 9.17) is 5.11 Å². The third-order valence-corrected chi connectivity index (χ3v) is 3.70. The van der Waals surface area contributed by atoms with E-state index in [0.717, 1.165) is 19.4 Å². The minimum absolute atomic E-state index is 0.0273. The molecule has 0 rings (SSSR count). The van der Waals surface area contributed by atoms with Crippen LogP contribution in [0.2, 0.25) is 0 Å². The van der Waals surface area contributed by atoms with Crippen LogP contribution in [0.5, 0.6) is 0 Å².